The van der Waals surface area contributed by atoms with E-state index < -0.39 is 0 Å². The standard InChI is InChI=1S/C15H17NO3S/c1-2-18-12-5-7-13(8-6-12)19-11-15(17)16-10-14-4-3-9-20-14/h3-9H,2,10-11H2,1H3,(H,16,17). The minimum Gasteiger partial charge on any atom is -0.494 e. The van der Waals surface area contributed by atoms with E-state index in [4.69, 9.17) is 9.47 Å². The van der Waals surface area contributed by atoms with E-state index in [1.54, 1.807) is 23.5 Å². The topological polar surface area (TPSA) is 47.6 Å². The smallest absolute Gasteiger partial charge is 0.258 e. The zero-order valence-corrected chi connectivity index (χ0v) is 12.1. The highest BCUT2D eigenvalue weighted by Gasteiger charge is 2.03. The molecule has 1 N–H and O–H groups in total. The summed E-state index contributed by atoms with van der Waals surface area (Å²) in [5.74, 6) is 1.31. The second-order valence-electron chi connectivity index (χ2n) is 4.05. The number of ether oxygens (including phenoxy) is 2. The van der Waals surface area contributed by atoms with Crippen LogP contribution in [0.1, 0.15) is 11.8 Å². The zero-order valence-electron chi connectivity index (χ0n) is 11.3. The number of benzene rings is 1. The molecule has 1 amide bonds. The van der Waals surface area contributed by atoms with Crippen LogP contribution in [0, 0.1) is 0 Å². The molecule has 0 fully saturated rings. The predicted molar refractivity (Wildman–Crippen MR) is 79.3 cm³/mol. The average Bonchev–Trinajstić information content (AvgIpc) is 2.98. The number of hydrogen-bond acceptors (Lipinski definition) is 4. The molecule has 2 rings (SSSR count). The van der Waals surface area contributed by atoms with Crippen molar-refractivity contribution in [3.05, 3.63) is 46.7 Å². The highest BCUT2D eigenvalue weighted by molar-refractivity contribution is 7.09. The van der Waals surface area contributed by atoms with Gasteiger partial charge in [-0.25, -0.2) is 0 Å². The molecule has 4 nitrogen and oxygen atoms in total. The number of nitrogens with one attached hydrogen (secondary N) is 1. The van der Waals surface area contributed by atoms with E-state index >= 15 is 0 Å². The molecule has 0 saturated heterocycles. The van der Waals surface area contributed by atoms with Crippen molar-refractivity contribution in [2.24, 2.45) is 0 Å². The molecule has 0 spiro atoms. The van der Waals surface area contributed by atoms with Crippen LogP contribution < -0.4 is 14.8 Å². The molecular formula is C15H17NO3S. The van der Waals surface area contributed by atoms with Crippen molar-refractivity contribution in [1.82, 2.24) is 5.32 Å². The number of thiophene rings is 1. The van der Waals surface area contributed by atoms with E-state index in [1.165, 1.54) is 0 Å². The maximum Gasteiger partial charge on any atom is 0.258 e. The van der Waals surface area contributed by atoms with Gasteiger partial charge in [0, 0.05) is 4.88 Å². The van der Waals surface area contributed by atoms with Gasteiger partial charge in [-0.15, -0.1) is 11.3 Å². The molecule has 2 aromatic rings. The van der Waals surface area contributed by atoms with Crippen molar-refractivity contribution in [3.63, 3.8) is 0 Å². The maximum absolute atomic E-state index is 11.6. The second-order valence-corrected chi connectivity index (χ2v) is 5.08. The van der Waals surface area contributed by atoms with Crippen molar-refractivity contribution in [3.8, 4) is 11.5 Å². The first-order valence-electron chi connectivity index (χ1n) is 6.42. The van der Waals surface area contributed by atoms with Crippen LogP contribution in [0.3, 0.4) is 0 Å². The summed E-state index contributed by atoms with van der Waals surface area (Å²) >= 11 is 1.62. The fourth-order valence-corrected chi connectivity index (χ4v) is 2.24. The lowest BCUT2D eigenvalue weighted by Crippen LogP contribution is -2.28. The van der Waals surface area contributed by atoms with Crippen molar-refractivity contribution in [1.29, 1.82) is 0 Å². The second kappa shape index (κ2) is 7.55. The van der Waals surface area contributed by atoms with Gasteiger partial charge < -0.3 is 14.8 Å². The molecule has 5 heteroatoms. The highest BCUT2D eigenvalue weighted by Crippen LogP contribution is 2.17. The first-order valence-corrected chi connectivity index (χ1v) is 7.30. The van der Waals surface area contributed by atoms with Gasteiger partial charge in [0.15, 0.2) is 6.61 Å². The fourth-order valence-electron chi connectivity index (χ4n) is 1.60. The fraction of sp³-hybridized carbons (Fsp3) is 0.267. The summed E-state index contributed by atoms with van der Waals surface area (Å²) < 4.78 is 10.7. The molecule has 0 radical (unpaired) electrons. The van der Waals surface area contributed by atoms with E-state index in [0.717, 1.165) is 10.6 Å². The van der Waals surface area contributed by atoms with E-state index in [1.807, 2.05) is 36.6 Å². The molecule has 0 aliphatic rings. The SMILES string of the molecule is CCOc1ccc(OCC(=O)NCc2cccs2)cc1. The van der Waals surface area contributed by atoms with Gasteiger partial charge in [0.1, 0.15) is 11.5 Å². The lowest BCUT2D eigenvalue weighted by molar-refractivity contribution is -0.123. The number of carbonyl (C=O) groups excluding carboxylic acids is 1. The van der Waals surface area contributed by atoms with Crippen LogP contribution in [0.2, 0.25) is 0 Å². The van der Waals surface area contributed by atoms with E-state index in [2.05, 4.69) is 5.32 Å². The van der Waals surface area contributed by atoms with E-state index in [9.17, 15) is 4.79 Å². The van der Waals surface area contributed by atoms with Crippen LogP contribution in [-0.4, -0.2) is 19.1 Å². The van der Waals surface area contributed by atoms with Crippen LogP contribution >= 0.6 is 11.3 Å². The van der Waals surface area contributed by atoms with Crippen molar-refractivity contribution in [2.75, 3.05) is 13.2 Å². The Morgan fingerprint density at radius 1 is 1.15 bits per heavy atom. The van der Waals surface area contributed by atoms with Gasteiger partial charge in [-0.05, 0) is 42.6 Å². The van der Waals surface area contributed by atoms with Crippen LogP contribution in [0.5, 0.6) is 11.5 Å². The van der Waals surface area contributed by atoms with E-state index in [0.29, 0.717) is 18.9 Å². The molecule has 1 aromatic heterocycles. The largest absolute Gasteiger partial charge is 0.494 e. The minimum absolute atomic E-state index is 0.0133. The number of hydrogen-bond donors (Lipinski definition) is 1. The Morgan fingerprint density at radius 2 is 1.85 bits per heavy atom. The number of carbonyl (C=O) groups is 1. The Labute approximate surface area is 122 Å². The van der Waals surface area contributed by atoms with Crippen molar-refractivity contribution in [2.45, 2.75) is 13.5 Å². The van der Waals surface area contributed by atoms with Gasteiger partial charge in [0.25, 0.3) is 5.91 Å². The summed E-state index contributed by atoms with van der Waals surface area (Å²) in [6.45, 7) is 3.12. The van der Waals surface area contributed by atoms with Gasteiger partial charge in [-0.1, -0.05) is 6.07 Å². The van der Waals surface area contributed by atoms with Gasteiger partial charge >= 0.3 is 0 Å². The quantitative estimate of drug-likeness (QED) is 0.853. The molecule has 0 saturated carbocycles. The van der Waals surface area contributed by atoms with Crippen LogP contribution in [0.4, 0.5) is 0 Å². The van der Waals surface area contributed by atoms with Gasteiger partial charge in [-0.3, -0.25) is 4.79 Å². The Hall–Kier alpha value is -2.01. The maximum atomic E-state index is 11.6. The summed E-state index contributed by atoms with van der Waals surface area (Å²) in [6.07, 6.45) is 0. The summed E-state index contributed by atoms with van der Waals surface area (Å²) in [6, 6.07) is 11.2. The normalized spacial score (nSPS) is 10.1. The molecule has 0 aliphatic carbocycles. The summed E-state index contributed by atoms with van der Waals surface area (Å²) in [5.41, 5.74) is 0. The summed E-state index contributed by atoms with van der Waals surface area (Å²) in [7, 11) is 0. The summed E-state index contributed by atoms with van der Waals surface area (Å²) in [4.78, 5) is 12.7. The van der Waals surface area contributed by atoms with Crippen LogP contribution in [0.25, 0.3) is 0 Å². The first kappa shape index (κ1) is 14.4. The molecule has 1 heterocycles. The lowest BCUT2D eigenvalue weighted by atomic mass is 10.3. The molecular weight excluding hydrogens is 274 g/mol. The third-order valence-electron chi connectivity index (χ3n) is 2.54. The molecule has 0 bridgehead atoms. The third-order valence-corrected chi connectivity index (χ3v) is 3.42. The predicted octanol–water partition coefficient (Wildman–Crippen LogP) is 2.84. The molecule has 0 unspecified atom stereocenters. The zero-order chi connectivity index (χ0) is 14.2. The van der Waals surface area contributed by atoms with E-state index in [-0.39, 0.29) is 12.5 Å². The van der Waals surface area contributed by atoms with Gasteiger partial charge in [0.2, 0.25) is 0 Å². The molecule has 106 valence electrons. The monoisotopic (exact) mass is 291 g/mol. The molecule has 0 aliphatic heterocycles. The molecule has 1 aromatic carbocycles. The van der Waals surface area contributed by atoms with Crippen LogP contribution in [-0.2, 0) is 11.3 Å². The summed E-state index contributed by atoms with van der Waals surface area (Å²) in [5, 5.41) is 4.79. The molecule has 20 heavy (non-hydrogen) atoms. The lowest BCUT2D eigenvalue weighted by Gasteiger charge is -2.08. The Bertz CT molecular complexity index is 523. The van der Waals surface area contributed by atoms with Crippen LogP contribution in [0.15, 0.2) is 41.8 Å². The third kappa shape index (κ3) is 4.59. The Morgan fingerprint density at radius 3 is 2.45 bits per heavy atom. The van der Waals surface area contributed by atoms with Crippen molar-refractivity contribution >= 4 is 17.2 Å². The Kier molecular flexibility index (Phi) is 5.43. The van der Waals surface area contributed by atoms with Gasteiger partial charge in [0.05, 0.1) is 13.2 Å². The Balaban J connectivity index is 1.72. The first-order chi connectivity index (χ1) is 9.78. The molecule has 0 atom stereocenters. The minimum atomic E-state index is -0.132. The average molecular weight is 291 g/mol. The highest BCUT2D eigenvalue weighted by atomic mass is 32.1. The van der Waals surface area contributed by atoms with Crippen molar-refractivity contribution < 1.29 is 14.3 Å². The number of amides is 1. The van der Waals surface area contributed by atoms with Gasteiger partial charge in [-0.2, -0.15) is 0 Å². The number of rotatable bonds is 7.